The van der Waals surface area contributed by atoms with Gasteiger partial charge in [-0.25, -0.2) is 4.40 Å². The molecule has 8 heavy (non-hydrogen) atoms. The summed E-state index contributed by atoms with van der Waals surface area (Å²) in [6.45, 7) is 0. The van der Waals surface area contributed by atoms with Crippen LogP contribution in [-0.4, -0.2) is 17.4 Å². The third-order valence-corrected chi connectivity index (χ3v) is 1.63. The van der Waals surface area contributed by atoms with Gasteiger partial charge >= 0.3 is 0 Å². The van der Waals surface area contributed by atoms with Crippen LogP contribution < -0.4 is 5.73 Å². The molecule has 0 saturated carbocycles. The van der Waals surface area contributed by atoms with Crippen LogP contribution in [0.3, 0.4) is 0 Å². The number of nitrogens with zero attached hydrogens (tertiary/aromatic N) is 1. The van der Waals surface area contributed by atoms with E-state index in [1.165, 1.54) is 11.9 Å². The van der Waals surface area contributed by atoms with Crippen LogP contribution in [0.15, 0.2) is 4.40 Å². The second kappa shape index (κ2) is 2.17. The summed E-state index contributed by atoms with van der Waals surface area (Å²) >= 11 is 1.40. The lowest BCUT2D eigenvalue weighted by Crippen LogP contribution is -2.21. The van der Waals surface area contributed by atoms with Gasteiger partial charge in [-0.3, -0.25) is 4.79 Å². The van der Waals surface area contributed by atoms with E-state index < -0.39 is 0 Å². The molecule has 1 aliphatic rings. The Balaban J connectivity index is 2.57. The van der Waals surface area contributed by atoms with Crippen molar-refractivity contribution in [2.75, 3.05) is 5.75 Å². The Bertz CT molecular complexity index is 143. The topological polar surface area (TPSA) is 55.5 Å². The molecule has 0 unspecified atom stereocenters. The predicted molar refractivity (Wildman–Crippen MR) is 33.7 cm³/mol. The molecule has 1 aliphatic heterocycles. The highest BCUT2D eigenvalue weighted by Gasteiger charge is 2.11. The molecule has 0 radical (unpaired) electrons. The number of primary amides is 1. The van der Waals surface area contributed by atoms with Crippen molar-refractivity contribution in [3.8, 4) is 0 Å². The summed E-state index contributed by atoms with van der Waals surface area (Å²) in [5, 5.41) is 0. The van der Waals surface area contributed by atoms with Gasteiger partial charge in [-0.15, -0.1) is 0 Å². The molecule has 0 aromatic heterocycles. The Morgan fingerprint density at radius 3 is 2.88 bits per heavy atom. The summed E-state index contributed by atoms with van der Waals surface area (Å²) in [6, 6.07) is 0. The van der Waals surface area contributed by atoms with Gasteiger partial charge in [0.05, 0.1) is 0 Å². The van der Waals surface area contributed by atoms with Crippen LogP contribution in [0.4, 0.5) is 0 Å². The van der Waals surface area contributed by atoms with Crippen molar-refractivity contribution in [2.45, 2.75) is 6.42 Å². The first-order valence-corrected chi connectivity index (χ1v) is 3.23. The van der Waals surface area contributed by atoms with Gasteiger partial charge in [-0.1, -0.05) is 0 Å². The van der Waals surface area contributed by atoms with Crippen molar-refractivity contribution >= 4 is 23.6 Å². The zero-order valence-corrected chi connectivity index (χ0v) is 5.07. The second-order valence-corrected chi connectivity index (χ2v) is 2.33. The standard InChI is InChI=1S/C4H6N2OS/c5-4(7)3-1-2-8-6-3/h1-2H2,(H2,5,7). The number of amides is 1. The van der Waals surface area contributed by atoms with Crippen molar-refractivity contribution in [2.24, 2.45) is 10.1 Å². The molecule has 0 fully saturated rings. The fourth-order valence-electron chi connectivity index (χ4n) is 0.480. The number of nitrogens with two attached hydrogens (primary N) is 1. The highest BCUT2D eigenvalue weighted by molar-refractivity contribution is 7.98. The molecule has 0 saturated heterocycles. The van der Waals surface area contributed by atoms with E-state index in [2.05, 4.69) is 4.40 Å². The van der Waals surface area contributed by atoms with E-state index in [-0.39, 0.29) is 5.91 Å². The molecule has 3 nitrogen and oxygen atoms in total. The van der Waals surface area contributed by atoms with E-state index in [1.54, 1.807) is 0 Å². The fraction of sp³-hybridized carbons (Fsp3) is 0.500. The molecule has 1 amide bonds. The first-order chi connectivity index (χ1) is 3.80. The lowest BCUT2D eigenvalue weighted by molar-refractivity contribution is -0.112. The van der Waals surface area contributed by atoms with Crippen molar-refractivity contribution in [1.82, 2.24) is 0 Å². The van der Waals surface area contributed by atoms with E-state index in [1.807, 2.05) is 0 Å². The lowest BCUT2D eigenvalue weighted by atomic mass is 10.3. The maximum Gasteiger partial charge on any atom is 0.263 e. The van der Waals surface area contributed by atoms with Crippen LogP contribution in [-0.2, 0) is 4.79 Å². The SMILES string of the molecule is NC(=O)C1=NSCC1. The zero-order valence-electron chi connectivity index (χ0n) is 4.26. The average molecular weight is 130 g/mol. The molecule has 0 atom stereocenters. The second-order valence-electron chi connectivity index (χ2n) is 1.49. The van der Waals surface area contributed by atoms with Gasteiger partial charge in [0.2, 0.25) is 0 Å². The smallest absolute Gasteiger partial charge is 0.263 e. The zero-order chi connectivity index (χ0) is 5.98. The van der Waals surface area contributed by atoms with Crippen molar-refractivity contribution < 1.29 is 4.79 Å². The normalized spacial score (nSPS) is 18.2. The molecule has 2 N–H and O–H groups in total. The van der Waals surface area contributed by atoms with Gasteiger partial charge in [0.15, 0.2) is 0 Å². The molecule has 0 bridgehead atoms. The van der Waals surface area contributed by atoms with Crippen LogP contribution in [0, 0.1) is 0 Å². The van der Waals surface area contributed by atoms with Gasteiger partial charge in [-0.05, 0) is 11.9 Å². The third kappa shape index (κ3) is 1.01. The third-order valence-electron chi connectivity index (χ3n) is 0.889. The molecule has 1 heterocycles. The predicted octanol–water partition coefficient (Wildman–Crippen LogP) is -0.0354. The fourth-order valence-corrected chi connectivity index (χ4v) is 1.19. The highest BCUT2D eigenvalue weighted by Crippen LogP contribution is 2.13. The molecule has 1 rings (SSSR count). The van der Waals surface area contributed by atoms with Gasteiger partial charge in [0.1, 0.15) is 5.71 Å². The minimum absolute atomic E-state index is 0.380. The summed E-state index contributed by atoms with van der Waals surface area (Å²) < 4.78 is 3.79. The molecular weight excluding hydrogens is 124 g/mol. The summed E-state index contributed by atoms with van der Waals surface area (Å²) in [5.74, 6) is 0.521. The first kappa shape index (κ1) is 5.62. The molecular formula is C4H6N2OS. The number of carbonyl (C=O) groups excluding carboxylic acids is 1. The quantitative estimate of drug-likeness (QED) is 0.506. The Hall–Kier alpha value is -0.510. The van der Waals surface area contributed by atoms with Gasteiger partial charge in [-0.2, -0.15) is 0 Å². The number of rotatable bonds is 1. The van der Waals surface area contributed by atoms with Crippen molar-refractivity contribution in [3.05, 3.63) is 0 Å². The highest BCUT2D eigenvalue weighted by atomic mass is 32.2. The molecule has 0 spiro atoms. The summed E-state index contributed by atoms with van der Waals surface area (Å²) in [6.07, 6.45) is 0.736. The maximum atomic E-state index is 10.3. The molecule has 0 aromatic rings. The van der Waals surface area contributed by atoms with Gasteiger partial charge in [0, 0.05) is 12.2 Å². The summed E-state index contributed by atoms with van der Waals surface area (Å²) in [7, 11) is 0. The number of hydrogen-bond donors (Lipinski definition) is 1. The van der Waals surface area contributed by atoms with E-state index in [0.29, 0.717) is 5.71 Å². The van der Waals surface area contributed by atoms with E-state index in [0.717, 1.165) is 12.2 Å². The van der Waals surface area contributed by atoms with Gasteiger partial charge in [0.25, 0.3) is 5.91 Å². The molecule has 0 aliphatic carbocycles. The van der Waals surface area contributed by atoms with Crippen molar-refractivity contribution in [3.63, 3.8) is 0 Å². The average Bonchev–Trinajstić information content (AvgIpc) is 2.12. The molecule has 44 valence electrons. The van der Waals surface area contributed by atoms with E-state index in [9.17, 15) is 4.79 Å². The first-order valence-electron chi connectivity index (χ1n) is 2.29. The van der Waals surface area contributed by atoms with Crippen LogP contribution in [0.5, 0.6) is 0 Å². The Kier molecular flexibility index (Phi) is 1.53. The van der Waals surface area contributed by atoms with E-state index in [4.69, 9.17) is 5.73 Å². The maximum absolute atomic E-state index is 10.3. The van der Waals surface area contributed by atoms with Crippen LogP contribution in [0.2, 0.25) is 0 Å². The van der Waals surface area contributed by atoms with Crippen LogP contribution >= 0.6 is 11.9 Å². The largest absolute Gasteiger partial charge is 0.365 e. The lowest BCUT2D eigenvalue weighted by Gasteiger charge is -1.85. The minimum atomic E-state index is -0.380. The van der Waals surface area contributed by atoms with Crippen molar-refractivity contribution in [1.29, 1.82) is 0 Å². The van der Waals surface area contributed by atoms with E-state index >= 15 is 0 Å². The Morgan fingerprint density at radius 1 is 1.88 bits per heavy atom. The minimum Gasteiger partial charge on any atom is -0.365 e. The molecule has 0 aromatic carbocycles. The Morgan fingerprint density at radius 2 is 2.62 bits per heavy atom. The van der Waals surface area contributed by atoms with Crippen LogP contribution in [0.25, 0.3) is 0 Å². The summed E-state index contributed by atoms with van der Waals surface area (Å²) in [5.41, 5.74) is 5.44. The number of carbonyl (C=O) groups is 1. The monoisotopic (exact) mass is 130 g/mol. The van der Waals surface area contributed by atoms with Gasteiger partial charge < -0.3 is 5.73 Å². The molecule has 4 heteroatoms. The summed E-state index contributed by atoms with van der Waals surface area (Å²) in [4.78, 5) is 10.3. The Labute approximate surface area is 51.5 Å². The number of hydrogen-bond acceptors (Lipinski definition) is 3. The van der Waals surface area contributed by atoms with Crippen LogP contribution in [0.1, 0.15) is 6.42 Å².